The van der Waals surface area contributed by atoms with E-state index >= 15 is 0 Å². The van der Waals surface area contributed by atoms with Crippen LogP contribution in [0.3, 0.4) is 0 Å². The largest absolute Gasteiger partial charge is 0.396 e. The third kappa shape index (κ3) is 6.35. The summed E-state index contributed by atoms with van der Waals surface area (Å²) < 4.78 is 5.37. The van der Waals surface area contributed by atoms with Gasteiger partial charge in [0.25, 0.3) is 0 Å². The molecule has 0 aromatic rings. The highest BCUT2D eigenvalue weighted by Gasteiger charge is 2.21. The summed E-state index contributed by atoms with van der Waals surface area (Å²) in [5, 5.41) is 12.3. The van der Waals surface area contributed by atoms with Gasteiger partial charge in [-0.15, -0.1) is 0 Å². The molecule has 86 valence electrons. The summed E-state index contributed by atoms with van der Waals surface area (Å²) in [4.78, 5) is 0. The van der Waals surface area contributed by atoms with Crippen LogP contribution in [-0.2, 0) is 4.74 Å². The fourth-order valence-electron chi connectivity index (χ4n) is 1.46. The molecule has 2 N–H and O–H groups in total. The average molecular weight is 203 g/mol. The minimum Gasteiger partial charge on any atom is -0.396 e. The van der Waals surface area contributed by atoms with E-state index in [9.17, 15) is 0 Å². The van der Waals surface area contributed by atoms with E-state index in [2.05, 4.69) is 26.1 Å². The van der Waals surface area contributed by atoms with Crippen LogP contribution in [-0.4, -0.2) is 37.0 Å². The predicted octanol–water partition coefficient (Wildman–Crippen LogP) is 1.55. The van der Waals surface area contributed by atoms with Gasteiger partial charge >= 0.3 is 0 Å². The highest BCUT2D eigenvalue weighted by Crippen LogP contribution is 2.17. The van der Waals surface area contributed by atoms with Gasteiger partial charge in [-0.1, -0.05) is 6.92 Å². The Labute approximate surface area is 87.8 Å². The summed E-state index contributed by atoms with van der Waals surface area (Å²) in [7, 11) is 1.73. The van der Waals surface area contributed by atoms with Crippen molar-refractivity contribution < 1.29 is 9.84 Å². The minimum absolute atomic E-state index is 0.111. The van der Waals surface area contributed by atoms with Gasteiger partial charge in [-0.2, -0.15) is 0 Å². The first kappa shape index (κ1) is 13.9. The molecule has 1 atom stereocenters. The third-order valence-electron chi connectivity index (χ3n) is 2.45. The zero-order valence-corrected chi connectivity index (χ0v) is 9.97. The van der Waals surface area contributed by atoms with Crippen LogP contribution in [0.15, 0.2) is 0 Å². The van der Waals surface area contributed by atoms with Crippen molar-refractivity contribution in [3.8, 4) is 0 Å². The van der Waals surface area contributed by atoms with Crippen LogP contribution in [0.5, 0.6) is 0 Å². The first-order valence-corrected chi connectivity index (χ1v) is 5.45. The van der Waals surface area contributed by atoms with E-state index in [4.69, 9.17) is 9.84 Å². The van der Waals surface area contributed by atoms with Crippen LogP contribution in [0.4, 0.5) is 0 Å². The Balaban J connectivity index is 3.94. The van der Waals surface area contributed by atoms with E-state index in [1.807, 2.05) is 0 Å². The number of hydrogen-bond donors (Lipinski definition) is 2. The quantitative estimate of drug-likeness (QED) is 0.629. The van der Waals surface area contributed by atoms with Crippen LogP contribution < -0.4 is 5.32 Å². The Kier molecular flexibility index (Phi) is 7.15. The van der Waals surface area contributed by atoms with E-state index in [0.29, 0.717) is 6.04 Å². The first-order valence-electron chi connectivity index (χ1n) is 5.45. The summed E-state index contributed by atoms with van der Waals surface area (Å²) >= 11 is 0. The van der Waals surface area contributed by atoms with Gasteiger partial charge in [-0.25, -0.2) is 0 Å². The van der Waals surface area contributed by atoms with E-state index in [-0.39, 0.29) is 12.2 Å². The highest BCUT2D eigenvalue weighted by atomic mass is 16.5. The summed E-state index contributed by atoms with van der Waals surface area (Å²) in [6.45, 7) is 7.53. The van der Waals surface area contributed by atoms with Crippen LogP contribution in [0.2, 0.25) is 0 Å². The predicted molar refractivity (Wildman–Crippen MR) is 59.5 cm³/mol. The number of aliphatic hydroxyl groups excluding tert-OH is 1. The number of nitrogens with one attached hydrogen (secondary N) is 1. The van der Waals surface area contributed by atoms with Crippen molar-refractivity contribution in [1.29, 1.82) is 0 Å². The molecule has 0 radical (unpaired) electrons. The lowest BCUT2D eigenvalue weighted by Gasteiger charge is -2.28. The Morgan fingerprint density at radius 1 is 1.43 bits per heavy atom. The molecule has 0 saturated carbocycles. The van der Waals surface area contributed by atoms with E-state index in [1.165, 1.54) is 0 Å². The van der Waals surface area contributed by atoms with Crippen LogP contribution >= 0.6 is 0 Å². The zero-order valence-electron chi connectivity index (χ0n) is 9.97. The molecule has 3 heteroatoms. The van der Waals surface area contributed by atoms with Crippen LogP contribution in [0.25, 0.3) is 0 Å². The van der Waals surface area contributed by atoms with Gasteiger partial charge < -0.3 is 15.2 Å². The molecule has 0 bridgehead atoms. The van der Waals surface area contributed by atoms with Crippen LogP contribution in [0.1, 0.15) is 40.0 Å². The van der Waals surface area contributed by atoms with E-state index < -0.39 is 0 Å². The van der Waals surface area contributed by atoms with Crippen molar-refractivity contribution in [1.82, 2.24) is 5.32 Å². The van der Waals surface area contributed by atoms with Crippen molar-refractivity contribution in [2.24, 2.45) is 0 Å². The second kappa shape index (κ2) is 7.21. The Morgan fingerprint density at radius 3 is 2.50 bits per heavy atom. The number of ether oxygens (including phenoxy) is 1. The minimum atomic E-state index is -0.111. The maximum atomic E-state index is 8.92. The molecular weight excluding hydrogens is 178 g/mol. The summed E-state index contributed by atoms with van der Waals surface area (Å²) in [5.74, 6) is 0. The Hall–Kier alpha value is -0.120. The molecule has 0 aliphatic rings. The number of rotatable bonds is 8. The van der Waals surface area contributed by atoms with Gasteiger partial charge in [0.15, 0.2) is 0 Å². The smallest absolute Gasteiger partial charge is 0.0637 e. The molecule has 0 saturated heterocycles. The van der Waals surface area contributed by atoms with Crippen molar-refractivity contribution in [3.05, 3.63) is 0 Å². The maximum absolute atomic E-state index is 8.92. The van der Waals surface area contributed by atoms with Gasteiger partial charge in [0.1, 0.15) is 0 Å². The number of methoxy groups -OCH3 is 1. The average Bonchev–Trinajstić information content (AvgIpc) is 2.14. The molecule has 0 heterocycles. The molecule has 3 nitrogen and oxygen atoms in total. The molecule has 0 aromatic heterocycles. The van der Waals surface area contributed by atoms with Crippen molar-refractivity contribution in [3.63, 3.8) is 0 Å². The first-order chi connectivity index (χ1) is 6.55. The van der Waals surface area contributed by atoms with E-state index in [0.717, 1.165) is 25.8 Å². The fourth-order valence-corrected chi connectivity index (χ4v) is 1.46. The summed E-state index contributed by atoms with van der Waals surface area (Å²) in [6.07, 6.45) is 2.85. The van der Waals surface area contributed by atoms with Gasteiger partial charge in [-0.3, -0.25) is 0 Å². The van der Waals surface area contributed by atoms with E-state index in [1.54, 1.807) is 7.11 Å². The molecule has 0 amide bonds. The molecule has 0 rings (SSSR count). The molecule has 1 unspecified atom stereocenters. The lowest BCUT2D eigenvalue weighted by molar-refractivity contribution is 0.00514. The molecule has 0 aliphatic carbocycles. The highest BCUT2D eigenvalue weighted by molar-refractivity contribution is 4.78. The Bertz CT molecular complexity index is 137. The summed E-state index contributed by atoms with van der Waals surface area (Å²) in [6, 6.07) is 0.356. The van der Waals surface area contributed by atoms with Crippen molar-refractivity contribution in [2.45, 2.75) is 51.7 Å². The second-order valence-electron chi connectivity index (χ2n) is 4.33. The van der Waals surface area contributed by atoms with Gasteiger partial charge in [0.05, 0.1) is 5.60 Å². The third-order valence-corrected chi connectivity index (χ3v) is 2.45. The van der Waals surface area contributed by atoms with Crippen molar-refractivity contribution >= 4 is 0 Å². The topological polar surface area (TPSA) is 41.5 Å². The molecular formula is C11H25NO2. The molecule has 0 spiro atoms. The standard InChI is InChI=1S/C11H25NO2/c1-5-7-12-10(6-8-13)9-11(2,3)14-4/h10,12-13H,5-9H2,1-4H3. The van der Waals surface area contributed by atoms with Gasteiger partial charge in [0, 0.05) is 19.8 Å². The second-order valence-corrected chi connectivity index (χ2v) is 4.33. The maximum Gasteiger partial charge on any atom is 0.0637 e. The van der Waals surface area contributed by atoms with Crippen LogP contribution in [0, 0.1) is 0 Å². The van der Waals surface area contributed by atoms with Crippen molar-refractivity contribution in [2.75, 3.05) is 20.3 Å². The fraction of sp³-hybridized carbons (Fsp3) is 1.00. The molecule has 14 heavy (non-hydrogen) atoms. The van der Waals surface area contributed by atoms with Gasteiger partial charge in [0.2, 0.25) is 0 Å². The lowest BCUT2D eigenvalue weighted by Crippen LogP contribution is -2.38. The zero-order chi connectivity index (χ0) is 11.0. The number of hydrogen-bond acceptors (Lipinski definition) is 3. The molecule has 0 fully saturated rings. The SMILES string of the molecule is CCCNC(CCO)CC(C)(C)OC. The Morgan fingerprint density at radius 2 is 2.07 bits per heavy atom. The number of aliphatic hydroxyl groups is 1. The normalized spacial score (nSPS) is 14.4. The molecule has 0 aliphatic heterocycles. The lowest BCUT2D eigenvalue weighted by atomic mass is 9.97. The molecule has 0 aromatic carbocycles. The monoisotopic (exact) mass is 203 g/mol. The summed E-state index contributed by atoms with van der Waals surface area (Å²) in [5.41, 5.74) is -0.111. The van der Waals surface area contributed by atoms with Gasteiger partial charge in [-0.05, 0) is 39.7 Å².